The number of benzene rings is 1. The molecule has 0 spiro atoms. The second-order valence-electron chi connectivity index (χ2n) is 7.98. The zero-order valence-electron chi connectivity index (χ0n) is 15.1. The van der Waals surface area contributed by atoms with Crippen molar-refractivity contribution >= 4 is 13.1 Å². The maximum absolute atomic E-state index is 11.7. The Morgan fingerprint density at radius 2 is 1.77 bits per heavy atom. The molecular weight excluding hydrogens is 331 g/mol. The predicted molar refractivity (Wildman–Crippen MR) is 101 cm³/mol. The first-order chi connectivity index (χ1) is 12.4. The molecule has 26 heavy (non-hydrogen) atoms. The lowest BCUT2D eigenvalue weighted by atomic mass is 9.66. The first-order valence-corrected chi connectivity index (χ1v) is 9.59. The zero-order valence-corrected chi connectivity index (χ0v) is 15.1. The molecule has 1 fully saturated rings. The van der Waals surface area contributed by atoms with E-state index in [0.717, 1.165) is 25.7 Å². The maximum atomic E-state index is 11.7. The van der Waals surface area contributed by atoms with Gasteiger partial charge in [0.25, 0.3) is 0 Å². The molecule has 0 radical (unpaired) electrons. The van der Waals surface area contributed by atoms with Crippen molar-refractivity contribution in [2.24, 2.45) is 11.7 Å². The van der Waals surface area contributed by atoms with Crippen molar-refractivity contribution in [2.45, 2.75) is 68.9 Å². The summed E-state index contributed by atoms with van der Waals surface area (Å²) in [5.41, 5.74) is 7.85. The minimum atomic E-state index is -1.33. The number of rotatable bonds is 9. The van der Waals surface area contributed by atoms with Gasteiger partial charge in [-0.15, -0.1) is 0 Å². The molecule has 1 aromatic rings. The molecule has 0 aromatic heterocycles. The van der Waals surface area contributed by atoms with Crippen LogP contribution in [0.5, 0.6) is 0 Å². The normalized spacial score (nSPS) is 24.6. The van der Waals surface area contributed by atoms with Gasteiger partial charge in [0.1, 0.15) is 5.54 Å². The summed E-state index contributed by atoms with van der Waals surface area (Å²) in [6.45, 7) is 0. The Bertz CT molecular complexity index is 611. The van der Waals surface area contributed by atoms with Crippen LogP contribution in [-0.2, 0) is 17.6 Å². The summed E-state index contributed by atoms with van der Waals surface area (Å²) >= 11 is 0. The molecule has 0 aliphatic heterocycles. The Balaban J connectivity index is 1.45. The van der Waals surface area contributed by atoms with Gasteiger partial charge in [-0.2, -0.15) is 0 Å². The monoisotopic (exact) mass is 360 g/mol. The van der Waals surface area contributed by atoms with Crippen molar-refractivity contribution in [3.63, 3.8) is 0 Å². The lowest BCUT2D eigenvalue weighted by Crippen LogP contribution is -2.61. The maximum Gasteiger partial charge on any atom is 0.451 e. The van der Waals surface area contributed by atoms with Crippen LogP contribution in [0.3, 0.4) is 0 Å². The molecule has 7 heteroatoms. The summed E-state index contributed by atoms with van der Waals surface area (Å²) in [4.78, 5) is 11.7. The third-order valence-electron chi connectivity index (χ3n) is 6.09. The molecule has 142 valence electrons. The van der Waals surface area contributed by atoms with E-state index in [-0.39, 0.29) is 12.2 Å². The molecule has 1 atom stereocenters. The standard InChI is InChI=1S/C19H29BN2O4/c21-19(18(23)24,7-3-4-8-20(25)26)15-11-17(12-15)22-16-9-13-5-1-2-6-14(13)10-16/h1-2,5-6,15-17,22,25-26H,3-4,7-12,21H2,(H,23,24)/t15?,17?,19-/m0/s1. The van der Waals surface area contributed by atoms with Gasteiger partial charge in [0.05, 0.1) is 0 Å². The van der Waals surface area contributed by atoms with Crippen LogP contribution in [0.15, 0.2) is 24.3 Å². The van der Waals surface area contributed by atoms with Crippen molar-refractivity contribution < 1.29 is 19.9 Å². The van der Waals surface area contributed by atoms with Crippen LogP contribution in [0.2, 0.25) is 6.32 Å². The van der Waals surface area contributed by atoms with E-state index < -0.39 is 18.6 Å². The van der Waals surface area contributed by atoms with Gasteiger partial charge in [-0.1, -0.05) is 37.1 Å². The quantitative estimate of drug-likeness (QED) is 0.331. The number of unbranched alkanes of at least 4 members (excludes halogenated alkanes) is 1. The highest BCUT2D eigenvalue weighted by Gasteiger charge is 2.48. The lowest BCUT2D eigenvalue weighted by molar-refractivity contribution is -0.148. The number of nitrogens with one attached hydrogen (secondary N) is 1. The summed E-state index contributed by atoms with van der Waals surface area (Å²) < 4.78 is 0. The molecule has 0 unspecified atom stereocenters. The summed E-state index contributed by atoms with van der Waals surface area (Å²) in [5, 5.41) is 31.1. The van der Waals surface area contributed by atoms with E-state index in [9.17, 15) is 9.90 Å². The first-order valence-electron chi connectivity index (χ1n) is 9.59. The van der Waals surface area contributed by atoms with Gasteiger partial charge < -0.3 is 26.2 Å². The number of carboxylic acids is 1. The highest BCUT2D eigenvalue weighted by atomic mass is 16.4. The molecule has 6 nitrogen and oxygen atoms in total. The number of hydrogen-bond acceptors (Lipinski definition) is 5. The van der Waals surface area contributed by atoms with Crippen LogP contribution in [0.1, 0.15) is 43.2 Å². The highest BCUT2D eigenvalue weighted by Crippen LogP contribution is 2.39. The lowest BCUT2D eigenvalue weighted by Gasteiger charge is -2.45. The number of nitrogens with two attached hydrogens (primary N) is 1. The SMILES string of the molecule is N[C@](CCCCB(O)O)(C(=O)O)C1CC(NC2Cc3ccccc3C2)C1. The predicted octanol–water partition coefficient (Wildman–Crippen LogP) is 0.947. The summed E-state index contributed by atoms with van der Waals surface area (Å²) in [7, 11) is -1.33. The van der Waals surface area contributed by atoms with E-state index in [2.05, 4.69) is 29.6 Å². The highest BCUT2D eigenvalue weighted by molar-refractivity contribution is 6.40. The molecule has 1 aromatic carbocycles. The van der Waals surface area contributed by atoms with Gasteiger partial charge in [-0.05, 0) is 55.5 Å². The molecule has 1 saturated carbocycles. The molecular formula is C19H29BN2O4. The van der Waals surface area contributed by atoms with E-state index in [0.29, 0.717) is 31.3 Å². The first kappa shape index (κ1) is 19.4. The molecule has 6 N–H and O–H groups in total. The topological polar surface area (TPSA) is 116 Å². The van der Waals surface area contributed by atoms with Gasteiger partial charge >= 0.3 is 13.1 Å². The summed E-state index contributed by atoms with van der Waals surface area (Å²) in [6.07, 6.45) is 5.44. The van der Waals surface area contributed by atoms with Gasteiger partial charge in [0.2, 0.25) is 0 Å². The van der Waals surface area contributed by atoms with Crippen molar-refractivity contribution in [3.05, 3.63) is 35.4 Å². The van der Waals surface area contributed by atoms with Gasteiger partial charge in [-0.25, -0.2) is 0 Å². The Hall–Kier alpha value is -1.41. The van der Waals surface area contributed by atoms with Gasteiger partial charge in [0, 0.05) is 12.1 Å². The molecule has 0 heterocycles. The van der Waals surface area contributed by atoms with E-state index in [1.807, 2.05) is 0 Å². The molecule has 2 aliphatic rings. The smallest absolute Gasteiger partial charge is 0.451 e. The van der Waals surface area contributed by atoms with Crippen molar-refractivity contribution in [1.82, 2.24) is 5.32 Å². The average molecular weight is 360 g/mol. The fraction of sp³-hybridized carbons (Fsp3) is 0.632. The molecule has 3 rings (SSSR count). The van der Waals surface area contributed by atoms with Crippen molar-refractivity contribution in [2.75, 3.05) is 0 Å². The fourth-order valence-electron chi connectivity index (χ4n) is 4.41. The van der Waals surface area contributed by atoms with Crippen molar-refractivity contribution in [1.29, 1.82) is 0 Å². The van der Waals surface area contributed by atoms with E-state index in [1.54, 1.807) is 0 Å². The van der Waals surface area contributed by atoms with Crippen LogP contribution >= 0.6 is 0 Å². The van der Waals surface area contributed by atoms with E-state index >= 15 is 0 Å². The minimum absolute atomic E-state index is 0.0275. The Labute approximate surface area is 154 Å². The third kappa shape index (κ3) is 4.28. The van der Waals surface area contributed by atoms with Crippen molar-refractivity contribution in [3.8, 4) is 0 Å². The Kier molecular flexibility index (Phi) is 6.02. The number of fused-ring (bicyclic) bond motifs is 1. The molecule has 0 saturated heterocycles. The van der Waals surface area contributed by atoms with Crippen LogP contribution < -0.4 is 11.1 Å². The zero-order chi connectivity index (χ0) is 18.7. The number of carbonyl (C=O) groups is 1. The van der Waals surface area contributed by atoms with Crippen LogP contribution in [0, 0.1) is 5.92 Å². The number of carboxylic acid groups (broad SMARTS) is 1. The summed E-state index contributed by atoms with van der Waals surface area (Å²) in [5.74, 6) is -0.973. The summed E-state index contributed by atoms with van der Waals surface area (Å²) in [6, 6.07) is 9.28. The van der Waals surface area contributed by atoms with Crippen LogP contribution in [-0.4, -0.2) is 45.9 Å². The molecule has 0 bridgehead atoms. The second kappa shape index (κ2) is 8.09. The van der Waals surface area contributed by atoms with Gasteiger partial charge in [0.15, 0.2) is 0 Å². The average Bonchev–Trinajstić information content (AvgIpc) is 2.96. The van der Waals surface area contributed by atoms with E-state index in [1.165, 1.54) is 11.1 Å². The van der Waals surface area contributed by atoms with Gasteiger partial charge in [-0.3, -0.25) is 4.79 Å². The Morgan fingerprint density at radius 1 is 1.15 bits per heavy atom. The number of hydrogen-bond donors (Lipinski definition) is 5. The van der Waals surface area contributed by atoms with E-state index in [4.69, 9.17) is 15.8 Å². The molecule has 2 aliphatic carbocycles. The third-order valence-corrected chi connectivity index (χ3v) is 6.09. The minimum Gasteiger partial charge on any atom is -0.480 e. The van der Waals surface area contributed by atoms with Crippen LogP contribution in [0.25, 0.3) is 0 Å². The largest absolute Gasteiger partial charge is 0.480 e. The second-order valence-corrected chi connectivity index (χ2v) is 7.98. The number of aliphatic carboxylic acids is 1. The van der Waals surface area contributed by atoms with Crippen LogP contribution in [0.4, 0.5) is 0 Å². The fourth-order valence-corrected chi connectivity index (χ4v) is 4.41. The molecule has 0 amide bonds. The Morgan fingerprint density at radius 3 is 2.31 bits per heavy atom.